The summed E-state index contributed by atoms with van der Waals surface area (Å²) in [4.78, 5) is 16.1. The summed E-state index contributed by atoms with van der Waals surface area (Å²) in [5.41, 5.74) is 6.44. The molecule has 1 aliphatic rings. The Kier molecular flexibility index (Phi) is 5.05. The minimum absolute atomic E-state index is 0.218. The first-order valence-corrected chi connectivity index (χ1v) is 6.48. The fourth-order valence-corrected chi connectivity index (χ4v) is 2.17. The number of hydrogen-bond acceptors (Lipinski definition) is 9. The van der Waals surface area contributed by atoms with Crippen molar-refractivity contribution < 1.29 is 36.0 Å². The summed E-state index contributed by atoms with van der Waals surface area (Å²) in [6, 6.07) is 0. The molecule has 2 aromatic rings. The van der Waals surface area contributed by atoms with Crippen LogP contribution in [0.25, 0.3) is 11.2 Å². The molecule has 0 aromatic carbocycles. The first kappa shape index (κ1) is 16.0. The van der Waals surface area contributed by atoms with Gasteiger partial charge in [0, 0.05) is 0 Å². The topological polar surface area (TPSA) is 166 Å². The van der Waals surface area contributed by atoms with Gasteiger partial charge < -0.3 is 25.8 Å². The Balaban J connectivity index is 0.000000774. The second kappa shape index (κ2) is 6.61. The van der Waals surface area contributed by atoms with Crippen molar-refractivity contribution in [1.29, 1.82) is 0 Å². The molecule has 0 saturated carbocycles. The fourth-order valence-electron chi connectivity index (χ4n) is 2.17. The zero-order chi connectivity index (χ0) is 15.6. The molecule has 2 aromatic heterocycles. The predicted molar refractivity (Wildman–Crippen MR) is 66.9 cm³/mol. The van der Waals surface area contributed by atoms with E-state index >= 15 is 0 Å². The molecule has 118 valence electrons. The molecule has 0 amide bonds. The Morgan fingerprint density at radius 3 is 2.57 bits per heavy atom. The van der Waals surface area contributed by atoms with Crippen molar-refractivity contribution in [1.82, 2.24) is 19.5 Å². The van der Waals surface area contributed by atoms with Gasteiger partial charge in [0.25, 0.3) is 0 Å². The van der Waals surface area contributed by atoms with E-state index in [1.165, 1.54) is 17.2 Å². The molecule has 1 aliphatic heterocycles. The third-order valence-electron chi connectivity index (χ3n) is 3.18. The van der Waals surface area contributed by atoms with Gasteiger partial charge in [-0.15, -0.1) is 0 Å². The molecule has 21 heavy (non-hydrogen) atoms. The van der Waals surface area contributed by atoms with Crippen molar-refractivity contribution in [2.45, 2.75) is 24.5 Å². The molecule has 10 nitrogen and oxygen atoms in total. The molecular weight excluding hydrogens is 327 g/mol. The van der Waals surface area contributed by atoms with E-state index in [4.69, 9.17) is 15.6 Å². The molecule has 11 heteroatoms. The number of aliphatic hydroxyl groups is 3. The van der Waals surface area contributed by atoms with Crippen LogP contribution < -0.4 is 10.5 Å². The van der Waals surface area contributed by atoms with Crippen molar-refractivity contribution >= 4 is 17.0 Å². The number of hydrogen-bond donors (Lipinski definition) is 5. The summed E-state index contributed by atoms with van der Waals surface area (Å²) >= 11 is 3.06. The van der Waals surface area contributed by atoms with Gasteiger partial charge in [-0.3, -0.25) is 4.57 Å². The summed E-state index contributed by atoms with van der Waals surface area (Å²) in [6.45, 7) is -0.390. The molecule has 1 saturated heterocycles. The molecule has 3 heterocycles. The van der Waals surface area contributed by atoms with E-state index in [1.807, 2.05) is 0 Å². The second-order valence-electron chi connectivity index (χ2n) is 4.31. The molecule has 4 atom stereocenters. The van der Waals surface area contributed by atoms with Crippen molar-refractivity contribution in [2.75, 3.05) is 12.3 Å². The van der Waals surface area contributed by atoms with E-state index in [0.29, 0.717) is 11.2 Å². The van der Waals surface area contributed by atoms with Gasteiger partial charge in [-0.2, -0.15) is 0 Å². The molecule has 0 unspecified atom stereocenters. The van der Waals surface area contributed by atoms with Crippen LogP contribution in [0.1, 0.15) is 6.23 Å². The number of nitrogens with zero attached hydrogens (tertiary/aromatic N) is 4. The average Bonchev–Trinajstić information content (AvgIpc) is 3.05. The minimum atomic E-state index is -1.19. The van der Waals surface area contributed by atoms with Crippen LogP contribution in [0.5, 0.6) is 0 Å². The van der Waals surface area contributed by atoms with Gasteiger partial charge in [0.15, 0.2) is 17.7 Å². The van der Waals surface area contributed by atoms with Crippen LogP contribution in [0.2, 0.25) is 0 Å². The van der Waals surface area contributed by atoms with Crippen molar-refractivity contribution in [3.8, 4) is 0 Å². The van der Waals surface area contributed by atoms with E-state index in [2.05, 4.69) is 35.7 Å². The normalized spacial score (nSPS) is 28.5. The monoisotopic (exact) mass is 342 g/mol. The fraction of sp³-hybridized carbons (Fsp3) is 0.500. The summed E-state index contributed by atoms with van der Waals surface area (Å²) in [6.07, 6.45) is -1.42. The first-order chi connectivity index (χ1) is 10.1. The van der Waals surface area contributed by atoms with Gasteiger partial charge in [0.05, 0.1) is 12.9 Å². The molecule has 1 fully saturated rings. The quantitative estimate of drug-likeness (QED) is 0.394. The Morgan fingerprint density at radius 2 is 1.95 bits per heavy atom. The van der Waals surface area contributed by atoms with Crippen LogP contribution in [0, 0.1) is 0 Å². The van der Waals surface area contributed by atoms with Gasteiger partial charge in [-0.1, -0.05) is 0 Å². The zero-order valence-electron chi connectivity index (χ0n) is 10.7. The van der Waals surface area contributed by atoms with Crippen molar-refractivity contribution in [3.05, 3.63) is 12.7 Å². The van der Waals surface area contributed by atoms with Gasteiger partial charge >= 0.3 is 20.7 Å². The van der Waals surface area contributed by atoms with Crippen molar-refractivity contribution in [3.63, 3.8) is 0 Å². The summed E-state index contributed by atoms with van der Waals surface area (Å²) in [5, 5.41) is 28.7. The maximum absolute atomic E-state index is 9.95. The van der Waals surface area contributed by atoms with Crippen LogP contribution in [0.4, 0.5) is 5.82 Å². The number of aromatic nitrogens is 4. The van der Waals surface area contributed by atoms with Crippen LogP contribution >= 0.6 is 0 Å². The Bertz CT molecular complexity index is 610. The Hall–Kier alpha value is -1.34. The zero-order valence-corrected chi connectivity index (χ0v) is 11.7. The standard InChI is InChI=1S/C10H13N5O4.Co.H2N/c11-8-5-9(13-2-12-8)15(3-14-5)10-7(18)6(17)4(1-16)19-10;;/h2-4,6-7,10,16-18H,1H2,(H2,11,12,13);;1H2/q;+1;-1/t4-,6-,7-,10-;;/m1../s1. The predicted octanol–water partition coefficient (Wildman–Crippen LogP) is -2.57. The van der Waals surface area contributed by atoms with Gasteiger partial charge in [0.2, 0.25) is 0 Å². The molecule has 3 rings (SSSR count). The summed E-state index contributed by atoms with van der Waals surface area (Å²) < 4.78 is 6.85. The molecule has 0 aliphatic carbocycles. The van der Waals surface area contributed by atoms with E-state index in [-0.39, 0.29) is 5.82 Å². The first-order valence-electron chi connectivity index (χ1n) is 5.88. The van der Waals surface area contributed by atoms with E-state index in [1.54, 1.807) is 0 Å². The SMILES string of the molecule is Nc1ncnc2c1ncn2[C@@H]1O[C@H](CO)[C@@H](O)[C@H]1O.[NH2][Co]. The maximum atomic E-state index is 9.95. The molecule has 0 bridgehead atoms. The van der Waals surface area contributed by atoms with E-state index in [0.717, 1.165) is 0 Å². The van der Waals surface area contributed by atoms with Crippen molar-refractivity contribution in [2.24, 2.45) is 4.78 Å². The number of nitrogen functional groups attached to an aromatic ring is 1. The Labute approximate surface area is 127 Å². The summed E-state index contributed by atoms with van der Waals surface area (Å²) in [5.74, 6) is 0.218. The third-order valence-corrected chi connectivity index (χ3v) is 3.18. The second-order valence-corrected chi connectivity index (χ2v) is 4.31. The van der Waals surface area contributed by atoms with Crippen LogP contribution in [0.15, 0.2) is 12.7 Å². The van der Waals surface area contributed by atoms with E-state index < -0.39 is 31.1 Å². The Morgan fingerprint density at radius 1 is 1.24 bits per heavy atom. The van der Waals surface area contributed by atoms with Gasteiger partial charge in [-0.25, -0.2) is 15.0 Å². The number of imidazole rings is 1. The number of aliphatic hydroxyl groups excluding tert-OH is 3. The molecular formula is C10H15CoN6O4. The third kappa shape index (κ3) is 2.72. The van der Waals surface area contributed by atoms with Crippen LogP contribution in [-0.4, -0.2) is 59.8 Å². The molecule has 0 spiro atoms. The molecule has 0 radical (unpaired) electrons. The average molecular weight is 342 g/mol. The van der Waals surface area contributed by atoms with E-state index in [9.17, 15) is 10.2 Å². The summed E-state index contributed by atoms with van der Waals surface area (Å²) in [7, 11) is 0. The van der Waals surface area contributed by atoms with Crippen LogP contribution in [-0.2, 0) is 20.7 Å². The number of ether oxygens (including phenoxy) is 1. The van der Waals surface area contributed by atoms with Gasteiger partial charge in [0.1, 0.15) is 30.2 Å². The van der Waals surface area contributed by atoms with Crippen LogP contribution in [0.3, 0.4) is 0 Å². The number of fused-ring (bicyclic) bond motifs is 1. The number of anilines is 1. The molecule has 7 N–H and O–H groups in total. The number of nitrogens with two attached hydrogens (primary N) is 2. The number of rotatable bonds is 2. The van der Waals surface area contributed by atoms with Gasteiger partial charge in [-0.05, 0) is 0 Å².